The standard InChI is InChI=1S/C13H20FNO3/c1-13(2,14)10-8-12(17-4)11(16-3)7-9(10)5-6-18-15/h7-8H,5-6,15H2,1-4H3. The summed E-state index contributed by atoms with van der Waals surface area (Å²) in [5.74, 6) is 6.09. The Morgan fingerprint density at radius 3 is 2.17 bits per heavy atom. The summed E-state index contributed by atoms with van der Waals surface area (Å²) in [5, 5.41) is 0. The predicted molar refractivity (Wildman–Crippen MR) is 67.5 cm³/mol. The van der Waals surface area contributed by atoms with Crippen molar-refractivity contribution in [2.45, 2.75) is 25.9 Å². The van der Waals surface area contributed by atoms with Crippen molar-refractivity contribution in [3.8, 4) is 11.5 Å². The molecule has 0 aliphatic rings. The number of methoxy groups -OCH3 is 2. The summed E-state index contributed by atoms with van der Waals surface area (Å²) in [4.78, 5) is 4.55. The molecule has 102 valence electrons. The molecule has 4 nitrogen and oxygen atoms in total. The fourth-order valence-electron chi connectivity index (χ4n) is 1.85. The molecule has 2 N–H and O–H groups in total. The number of rotatable bonds is 6. The van der Waals surface area contributed by atoms with E-state index < -0.39 is 5.67 Å². The Labute approximate surface area is 107 Å². The number of halogens is 1. The van der Waals surface area contributed by atoms with Crippen LogP contribution in [-0.4, -0.2) is 20.8 Å². The third-order valence-corrected chi connectivity index (χ3v) is 2.74. The summed E-state index contributed by atoms with van der Waals surface area (Å²) in [6, 6.07) is 3.42. The highest BCUT2D eigenvalue weighted by Crippen LogP contribution is 2.37. The van der Waals surface area contributed by atoms with E-state index in [0.29, 0.717) is 30.1 Å². The molecule has 0 unspecified atom stereocenters. The van der Waals surface area contributed by atoms with Gasteiger partial charge in [-0.2, -0.15) is 0 Å². The van der Waals surface area contributed by atoms with Crippen LogP contribution in [0.25, 0.3) is 0 Å². The maximum atomic E-state index is 14.2. The van der Waals surface area contributed by atoms with Crippen LogP contribution in [-0.2, 0) is 16.9 Å². The first-order chi connectivity index (χ1) is 8.43. The van der Waals surface area contributed by atoms with Crippen LogP contribution in [0.4, 0.5) is 4.39 Å². The van der Waals surface area contributed by atoms with Crippen molar-refractivity contribution in [1.29, 1.82) is 0 Å². The Hall–Kier alpha value is -1.33. The van der Waals surface area contributed by atoms with Crippen LogP contribution in [0.2, 0.25) is 0 Å². The van der Waals surface area contributed by atoms with Crippen LogP contribution >= 0.6 is 0 Å². The Morgan fingerprint density at radius 2 is 1.72 bits per heavy atom. The van der Waals surface area contributed by atoms with Gasteiger partial charge in [0.05, 0.1) is 20.8 Å². The largest absolute Gasteiger partial charge is 0.493 e. The van der Waals surface area contributed by atoms with E-state index in [2.05, 4.69) is 4.84 Å². The van der Waals surface area contributed by atoms with Gasteiger partial charge in [0.2, 0.25) is 0 Å². The SMILES string of the molecule is COc1cc(CCON)c(C(C)(C)F)cc1OC. The monoisotopic (exact) mass is 257 g/mol. The van der Waals surface area contributed by atoms with Crippen molar-refractivity contribution in [2.24, 2.45) is 5.90 Å². The van der Waals surface area contributed by atoms with E-state index >= 15 is 0 Å². The minimum atomic E-state index is -1.47. The van der Waals surface area contributed by atoms with E-state index in [4.69, 9.17) is 15.4 Å². The minimum Gasteiger partial charge on any atom is -0.493 e. The predicted octanol–water partition coefficient (Wildman–Crippen LogP) is 2.34. The van der Waals surface area contributed by atoms with E-state index in [1.54, 1.807) is 19.2 Å². The molecule has 1 rings (SSSR count). The van der Waals surface area contributed by atoms with E-state index in [9.17, 15) is 4.39 Å². The number of benzene rings is 1. The third kappa shape index (κ3) is 3.34. The highest BCUT2D eigenvalue weighted by atomic mass is 19.1. The van der Waals surface area contributed by atoms with Crippen LogP contribution in [0.1, 0.15) is 25.0 Å². The smallest absolute Gasteiger partial charge is 0.161 e. The zero-order valence-electron chi connectivity index (χ0n) is 11.2. The van der Waals surface area contributed by atoms with Gasteiger partial charge in [0.25, 0.3) is 0 Å². The third-order valence-electron chi connectivity index (χ3n) is 2.74. The summed E-state index contributed by atoms with van der Waals surface area (Å²) < 4.78 is 24.6. The molecule has 0 fully saturated rings. The van der Waals surface area contributed by atoms with Crippen molar-refractivity contribution >= 4 is 0 Å². The summed E-state index contributed by atoms with van der Waals surface area (Å²) >= 11 is 0. The van der Waals surface area contributed by atoms with Crippen molar-refractivity contribution in [1.82, 2.24) is 0 Å². The molecule has 0 heterocycles. The highest BCUT2D eigenvalue weighted by molar-refractivity contribution is 5.49. The van der Waals surface area contributed by atoms with E-state index in [-0.39, 0.29) is 0 Å². The molecule has 0 aliphatic heterocycles. The zero-order valence-corrected chi connectivity index (χ0v) is 11.2. The van der Waals surface area contributed by atoms with Crippen LogP contribution in [0, 0.1) is 0 Å². The van der Waals surface area contributed by atoms with Gasteiger partial charge in [-0.05, 0) is 43.5 Å². The van der Waals surface area contributed by atoms with Crippen LogP contribution in [0.15, 0.2) is 12.1 Å². The first kappa shape index (κ1) is 14.7. The van der Waals surface area contributed by atoms with Gasteiger partial charge in [-0.25, -0.2) is 10.3 Å². The lowest BCUT2D eigenvalue weighted by Crippen LogP contribution is -2.15. The van der Waals surface area contributed by atoms with Gasteiger partial charge in [0.15, 0.2) is 11.5 Å². The van der Waals surface area contributed by atoms with Crippen LogP contribution in [0.5, 0.6) is 11.5 Å². The second-order valence-electron chi connectivity index (χ2n) is 4.46. The fourth-order valence-corrected chi connectivity index (χ4v) is 1.85. The molecule has 0 amide bonds. The lowest BCUT2D eigenvalue weighted by molar-refractivity contribution is 0.140. The lowest BCUT2D eigenvalue weighted by atomic mass is 9.92. The number of ether oxygens (including phenoxy) is 2. The summed E-state index contributed by atoms with van der Waals surface area (Å²) in [7, 11) is 3.07. The topological polar surface area (TPSA) is 53.7 Å². The molecule has 0 spiro atoms. The molecule has 0 atom stereocenters. The molecular formula is C13H20FNO3. The number of nitrogens with two attached hydrogens (primary N) is 1. The molecular weight excluding hydrogens is 237 g/mol. The quantitative estimate of drug-likeness (QED) is 0.795. The Balaban J connectivity index is 3.27. The van der Waals surface area contributed by atoms with Crippen molar-refractivity contribution < 1.29 is 18.7 Å². The van der Waals surface area contributed by atoms with E-state index in [1.165, 1.54) is 21.0 Å². The average molecular weight is 257 g/mol. The minimum absolute atomic E-state index is 0.318. The molecule has 0 radical (unpaired) electrons. The van der Waals surface area contributed by atoms with Crippen molar-refractivity contribution in [2.75, 3.05) is 20.8 Å². The number of alkyl halides is 1. The number of hydrogen-bond acceptors (Lipinski definition) is 4. The molecule has 0 aromatic heterocycles. The molecule has 0 aliphatic carbocycles. The molecule has 1 aromatic rings. The molecule has 18 heavy (non-hydrogen) atoms. The molecule has 1 aromatic carbocycles. The number of hydrogen-bond donors (Lipinski definition) is 1. The fraction of sp³-hybridized carbons (Fsp3) is 0.538. The van der Waals surface area contributed by atoms with Gasteiger partial charge in [0, 0.05) is 0 Å². The Morgan fingerprint density at radius 1 is 1.17 bits per heavy atom. The van der Waals surface area contributed by atoms with Crippen molar-refractivity contribution in [3.63, 3.8) is 0 Å². The Kier molecular flexibility index (Phi) is 4.93. The van der Waals surface area contributed by atoms with Gasteiger partial charge < -0.3 is 14.3 Å². The average Bonchev–Trinajstić information content (AvgIpc) is 2.33. The van der Waals surface area contributed by atoms with E-state index in [0.717, 1.165) is 5.56 Å². The van der Waals surface area contributed by atoms with Crippen molar-refractivity contribution in [3.05, 3.63) is 23.3 Å². The van der Waals surface area contributed by atoms with Gasteiger partial charge in [-0.3, -0.25) is 0 Å². The normalized spacial score (nSPS) is 11.4. The van der Waals surface area contributed by atoms with Gasteiger partial charge >= 0.3 is 0 Å². The maximum absolute atomic E-state index is 14.2. The summed E-state index contributed by atoms with van der Waals surface area (Å²) in [6.07, 6.45) is 0.513. The molecule has 0 saturated heterocycles. The van der Waals surface area contributed by atoms with E-state index in [1.807, 2.05) is 0 Å². The molecule has 0 bridgehead atoms. The van der Waals surface area contributed by atoms with Crippen LogP contribution in [0.3, 0.4) is 0 Å². The Bertz CT molecular complexity index is 402. The van der Waals surface area contributed by atoms with Gasteiger partial charge in [-0.15, -0.1) is 0 Å². The van der Waals surface area contributed by atoms with Gasteiger partial charge in [0.1, 0.15) is 5.67 Å². The molecule has 5 heteroatoms. The van der Waals surface area contributed by atoms with Gasteiger partial charge in [-0.1, -0.05) is 0 Å². The zero-order chi connectivity index (χ0) is 13.8. The molecule has 0 saturated carbocycles. The first-order valence-corrected chi connectivity index (χ1v) is 5.70. The second kappa shape index (κ2) is 6.02. The maximum Gasteiger partial charge on any atom is 0.161 e. The summed E-state index contributed by atoms with van der Waals surface area (Å²) in [5.41, 5.74) is -0.119. The highest BCUT2D eigenvalue weighted by Gasteiger charge is 2.24. The lowest BCUT2D eigenvalue weighted by Gasteiger charge is -2.21. The first-order valence-electron chi connectivity index (χ1n) is 5.70. The second-order valence-corrected chi connectivity index (χ2v) is 4.46. The van der Waals surface area contributed by atoms with Crippen LogP contribution < -0.4 is 15.4 Å². The summed E-state index contributed by atoms with van der Waals surface area (Å²) in [6.45, 7) is 3.32.